The first-order valence-corrected chi connectivity index (χ1v) is 2.66. The highest BCUT2D eigenvalue weighted by Crippen LogP contribution is 2.06. The molecule has 0 aromatic heterocycles. The van der Waals surface area contributed by atoms with Crippen LogP contribution in [0.1, 0.15) is 0 Å². The van der Waals surface area contributed by atoms with Crippen LogP contribution in [-0.4, -0.2) is 17.3 Å². The fraction of sp³-hybridized carbons (Fsp3) is 0.333. The first kappa shape index (κ1) is 6.48. The van der Waals surface area contributed by atoms with Gasteiger partial charge in [0.2, 0.25) is 0 Å². The molecule has 1 aliphatic carbocycles. The minimum Gasteiger partial charge on any atom is -0.386 e. The fourth-order valence-electron chi connectivity index (χ4n) is 0.664. The molecule has 0 aromatic rings. The Balaban J connectivity index is 2.55. The fourth-order valence-corrected chi connectivity index (χ4v) is 0.664. The van der Waals surface area contributed by atoms with Gasteiger partial charge >= 0.3 is 0 Å². The van der Waals surface area contributed by atoms with Crippen LogP contribution in [0.3, 0.4) is 0 Å². The van der Waals surface area contributed by atoms with E-state index in [-0.39, 0.29) is 0 Å². The maximum atomic E-state index is 9.75. The standard InChI is InChI=1S/C6H7O3/c7-5-3-1-2-4-6(5)9-8/h1-7H. The zero-order chi connectivity index (χ0) is 6.69. The summed E-state index contributed by atoms with van der Waals surface area (Å²) in [5, 5.41) is 18.7. The van der Waals surface area contributed by atoms with Crippen LogP contribution in [0.25, 0.3) is 0 Å². The van der Waals surface area contributed by atoms with Crippen LogP contribution in [0.15, 0.2) is 24.3 Å². The van der Waals surface area contributed by atoms with Crippen molar-refractivity contribution in [2.24, 2.45) is 0 Å². The zero-order valence-electron chi connectivity index (χ0n) is 4.73. The SMILES string of the molecule is [O]OC1C=CC=CC1O. The molecule has 2 atom stereocenters. The normalized spacial score (nSPS) is 33.1. The molecule has 0 spiro atoms. The average molecular weight is 127 g/mol. The maximum Gasteiger partial charge on any atom is 0.144 e. The van der Waals surface area contributed by atoms with Gasteiger partial charge in [-0.3, -0.25) is 0 Å². The van der Waals surface area contributed by atoms with Crippen LogP contribution in [0.5, 0.6) is 0 Å². The molecule has 0 saturated heterocycles. The highest BCUT2D eigenvalue weighted by molar-refractivity contribution is 5.15. The van der Waals surface area contributed by atoms with Crippen molar-refractivity contribution in [1.82, 2.24) is 0 Å². The number of hydrogen-bond acceptors (Lipinski definition) is 2. The summed E-state index contributed by atoms with van der Waals surface area (Å²) in [5.74, 6) is 0. The molecule has 2 unspecified atom stereocenters. The number of allylic oxidation sites excluding steroid dienone is 2. The van der Waals surface area contributed by atoms with Gasteiger partial charge in [0, 0.05) is 0 Å². The van der Waals surface area contributed by atoms with Crippen molar-refractivity contribution in [1.29, 1.82) is 0 Å². The van der Waals surface area contributed by atoms with E-state index < -0.39 is 12.2 Å². The molecule has 0 fully saturated rings. The lowest BCUT2D eigenvalue weighted by molar-refractivity contribution is -0.334. The Morgan fingerprint density at radius 1 is 1.33 bits per heavy atom. The van der Waals surface area contributed by atoms with E-state index in [1.807, 2.05) is 0 Å². The largest absolute Gasteiger partial charge is 0.386 e. The first-order valence-electron chi connectivity index (χ1n) is 2.66. The van der Waals surface area contributed by atoms with Gasteiger partial charge in [-0.25, -0.2) is 0 Å². The highest BCUT2D eigenvalue weighted by atomic mass is 17.1. The predicted octanol–water partition coefficient (Wildman–Crippen LogP) is 0.204. The maximum absolute atomic E-state index is 9.75. The van der Waals surface area contributed by atoms with Gasteiger partial charge in [-0.1, -0.05) is 18.2 Å². The van der Waals surface area contributed by atoms with Crippen LogP contribution in [0, 0.1) is 0 Å². The van der Waals surface area contributed by atoms with Crippen molar-refractivity contribution >= 4 is 0 Å². The molecule has 0 amide bonds. The second-order valence-corrected chi connectivity index (χ2v) is 1.82. The summed E-state index contributed by atoms with van der Waals surface area (Å²) >= 11 is 0. The lowest BCUT2D eigenvalue weighted by Gasteiger charge is -2.13. The van der Waals surface area contributed by atoms with Crippen LogP contribution < -0.4 is 0 Å². The van der Waals surface area contributed by atoms with E-state index in [1.165, 1.54) is 12.2 Å². The van der Waals surface area contributed by atoms with Crippen molar-refractivity contribution in [2.45, 2.75) is 12.2 Å². The van der Waals surface area contributed by atoms with E-state index >= 15 is 0 Å². The molecular formula is C6H7O3. The Kier molecular flexibility index (Phi) is 2.00. The van der Waals surface area contributed by atoms with E-state index in [2.05, 4.69) is 4.89 Å². The summed E-state index contributed by atoms with van der Waals surface area (Å²) in [6.45, 7) is 0. The number of hydrogen-bond donors (Lipinski definition) is 1. The van der Waals surface area contributed by atoms with Crippen LogP contribution in [0.4, 0.5) is 0 Å². The minimum atomic E-state index is -0.785. The van der Waals surface area contributed by atoms with Crippen molar-refractivity contribution in [2.75, 3.05) is 0 Å². The number of rotatable bonds is 1. The van der Waals surface area contributed by atoms with Crippen molar-refractivity contribution in [3.8, 4) is 0 Å². The highest BCUT2D eigenvalue weighted by Gasteiger charge is 2.15. The smallest absolute Gasteiger partial charge is 0.144 e. The molecule has 0 aromatic carbocycles. The predicted molar refractivity (Wildman–Crippen MR) is 29.8 cm³/mol. The third-order valence-electron chi connectivity index (χ3n) is 1.17. The summed E-state index contributed by atoms with van der Waals surface area (Å²) in [7, 11) is 0. The summed E-state index contributed by atoms with van der Waals surface area (Å²) in [4.78, 5) is 3.67. The molecule has 1 rings (SSSR count). The molecule has 1 radical (unpaired) electrons. The van der Waals surface area contributed by atoms with Crippen LogP contribution >= 0.6 is 0 Å². The van der Waals surface area contributed by atoms with Gasteiger partial charge < -0.3 is 5.11 Å². The Hall–Kier alpha value is -0.640. The summed E-state index contributed by atoms with van der Waals surface area (Å²) < 4.78 is 0. The lowest BCUT2D eigenvalue weighted by atomic mass is 10.1. The molecule has 0 heterocycles. The van der Waals surface area contributed by atoms with Gasteiger partial charge in [-0.2, -0.15) is 4.89 Å². The Morgan fingerprint density at radius 3 is 2.44 bits per heavy atom. The molecule has 3 nitrogen and oxygen atoms in total. The summed E-state index contributed by atoms with van der Waals surface area (Å²) in [5.41, 5.74) is 0. The third kappa shape index (κ3) is 1.38. The molecular weight excluding hydrogens is 120 g/mol. The molecule has 0 bridgehead atoms. The first-order chi connectivity index (χ1) is 4.34. The van der Waals surface area contributed by atoms with E-state index in [0.717, 1.165) is 0 Å². The molecule has 1 aliphatic rings. The van der Waals surface area contributed by atoms with Crippen LogP contribution in [0.2, 0.25) is 0 Å². The molecule has 9 heavy (non-hydrogen) atoms. The molecule has 3 heteroatoms. The summed E-state index contributed by atoms with van der Waals surface area (Å²) in [6.07, 6.45) is 4.85. The second kappa shape index (κ2) is 2.77. The number of aliphatic hydroxyl groups is 1. The van der Waals surface area contributed by atoms with Gasteiger partial charge in [0.1, 0.15) is 12.2 Å². The minimum absolute atomic E-state index is 0.713. The van der Waals surface area contributed by atoms with E-state index in [4.69, 9.17) is 5.11 Å². The molecule has 49 valence electrons. The quantitative estimate of drug-likeness (QED) is 0.404. The second-order valence-electron chi connectivity index (χ2n) is 1.82. The monoisotopic (exact) mass is 127 g/mol. The van der Waals surface area contributed by atoms with E-state index in [1.54, 1.807) is 12.2 Å². The Labute approximate surface area is 52.8 Å². The van der Waals surface area contributed by atoms with Crippen molar-refractivity contribution in [3.63, 3.8) is 0 Å². The average Bonchev–Trinajstić information content (AvgIpc) is 1.89. The summed E-state index contributed by atoms with van der Waals surface area (Å²) in [6, 6.07) is 0. The topological polar surface area (TPSA) is 49.4 Å². The van der Waals surface area contributed by atoms with Crippen LogP contribution in [-0.2, 0) is 10.1 Å². The van der Waals surface area contributed by atoms with Gasteiger partial charge in [-0.05, 0) is 11.3 Å². The van der Waals surface area contributed by atoms with Crippen molar-refractivity contribution in [3.05, 3.63) is 24.3 Å². The van der Waals surface area contributed by atoms with Gasteiger partial charge in [-0.15, -0.1) is 0 Å². The van der Waals surface area contributed by atoms with Gasteiger partial charge in [0.25, 0.3) is 0 Å². The molecule has 0 saturated carbocycles. The Morgan fingerprint density at radius 2 is 2.00 bits per heavy atom. The van der Waals surface area contributed by atoms with Crippen molar-refractivity contribution < 1.29 is 15.3 Å². The number of aliphatic hydroxyl groups excluding tert-OH is 1. The molecule has 0 aliphatic heterocycles. The van der Waals surface area contributed by atoms with E-state index in [0.29, 0.717) is 0 Å². The lowest BCUT2D eigenvalue weighted by Crippen LogP contribution is -2.24. The van der Waals surface area contributed by atoms with Gasteiger partial charge in [0.05, 0.1) is 0 Å². The Bertz CT molecular complexity index is 139. The zero-order valence-corrected chi connectivity index (χ0v) is 4.73. The van der Waals surface area contributed by atoms with E-state index in [9.17, 15) is 5.26 Å². The third-order valence-corrected chi connectivity index (χ3v) is 1.17. The molecule has 1 N–H and O–H groups in total. The van der Waals surface area contributed by atoms with Gasteiger partial charge in [0.15, 0.2) is 0 Å².